The Morgan fingerprint density at radius 2 is 2.28 bits per heavy atom. The predicted octanol–water partition coefficient (Wildman–Crippen LogP) is 2.41. The van der Waals surface area contributed by atoms with Crippen molar-refractivity contribution in [2.45, 2.75) is 25.7 Å². The molecule has 2 aromatic rings. The van der Waals surface area contributed by atoms with Crippen molar-refractivity contribution in [3.8, 4) is 11.5 Å². The van der Waals surface area contributed by atoms with Gasteiger partial charge in [0.05, 0.1) is 10.4 Å². The van der Waals surface area contributed by atoms with Crippen LogP contribution in [0.1, 0.15) is 26.2 Å². The summed E-state index contributed by atoms with van der Waals surface area (Å²) in [4.78, 5) is 8.50. The van der Waals surface area contributed by atoms with Crippen LogP contribution in [0.3, 0.4) is 0 Å². The summed E-state index contributed by atoms with van der Waals surface area (Å²) in [5.74, 6) is 0.910. The second-order valence-corrected chi connectivity index (χ2v) is 4.78. The number of hydrogen-bond acceptors (Lipinski definition) is 5. The van der Waals surface area contributed by atoms with Gasteiger partial charge in [-0.05, 0) is 25.5 Å². The van der Waals surface area contributed by atoms with E-state index < -0.39 is 0 Å². The van der Waals surface area contributed by atoms with Gasteiger partial charge in [-0.3, -0.25) is 4.98 Å². The standard InChI is InChI=1S/C12H15ClN4O/c1-3-12(2,7-14)11-16-10(17-18-11)9-8(13)5-4-6-15-9/h4-6H,3,7,14H2,1-2H3. The van der Waals surface area contributed by atoms with Gasteiger partial charge in [0.15, 0.2) is 0 Å². The van der Waals surface area contributed by atoms with Crippen LogP contribution in [-0.2, 0) is 5.41 Å². The van der Waals surface area contributed by atoms with E-state index in [1.54, 1.807) is 18.3 Å². The van der Waals surface area contributed by atoms with Crippen LogP contribution in [0.15, 0.2) is 22.9 Å². The topological polar surface area (TPSA) is 77.8 Å². The number of nitrogens with zero attached hydrogens (tertiary/aromatic N) is 3. The fourth-order valence-electron chi connectivity index (χ4n) is 1.50. The number of rotatable bonds is 4. The molecule has 1 unspecified atom stereocenters. The molecule has 0 bridgehead atoms. The van der Waals surface area contributed by atoms with Crippen molar-refractivity contribution in [1.29, 1.82) is 0 Å². The van der Waals surface area contributed by atoms with Gasteiger partial charge in [0.25, 0.3) is 0 Å². The number of hydrogen-bond donors (Lipinski definition) is 1. The molecule has 0 saturated heterocycles. The molecular formula is C12H15ClN4O. The lowest BCUT2D eigenvalue weighted by Crippen LogP contribution is -2.31. The molecule has 6 heteroatoms. The van der Waals surface area contributed by atoms with Gasteiger partial charge in [0, 0.05) is 12.7 Å². The third-order valence-corrected chi connectivity index (χ3v) is 3.45. The van der Waals surface area contributed by atoms with Crippen LogP contribution in [0.2, 0.25) is 5.02 Å². The maximum absolute atomic E-state index is 6.04. The molecule has 0 spiro atoms. The van der Waals surface area contributed by atoms with Crippen molar-refractivity contribution in [3.05, 3.63) is 29.2 Å². The maximum atomic E-state index is 6.04. The zero-order valence-electron chi connectivity index (χ0n) is 10.4. The zero-order valence-corrected chi connectivity index (χ0v) is 11.1. The van der Waals surface area contributed by atoms with Crippen molar-refractivity contribution in [2.75, 3.05) is 6.54 Å². The Bertz CT molecular complexity index is 536. The van der Waals surface area contributed by atoms with Gasteiger partial charge in [-0.15, -0.1) is 0 Å². The molecule has 2 rings (SSSR count). The highest BCUT2D eigenvalue weighted by molar-refractivity contribution is 6.32. The number of halogens is 1. The lowest BCUT2D eigenvalue weighted by Gasteiger charge is -2.20. The van der Waals surface area contributed by atoms with E-state index in [1.165, 1.54) is 0 Å². The highest BCUT2D eigenvalue weighted by atomic mass is 35.5. The predicted molar refractivity (Wildman–Crippen MR) is 69.2 cm³/mol. The minimum Gasteiger partial charge on any atom is -0.338 e. The summed E-state index contributed by atoms with van der Waals surface area (Å²) in [5.41, 5.74) is 5.96. The van der Waals surface area contributed by atoms with E-state index in [0.717, 1.165) is 6.42 Å². The summed E-state index contributed by atoms with van der Waals surface area (Å²) in [6.45, 7) is 4.47. The Morgan fingerprint density at radius 3 is 2.89 bits per heavy atom. The first-order valence-corrected chi connectivity index (χ1v) is 6.13. The van der Waals surface area contributed by atoms with Crippen LogP contribution in [0.25, 0.3) is 11.5 Å². The van der Waals surface area contributed by atoms with Crippen LogP contribution >= 0.6 is 11.6 Å². The van der Waals surface area contributed by atoms with E-state index in [-0.39, 0.29) is 5.41 Å². The summed E-state index contributed by atoms with van der Waals surface area (Å²) in [6.07, 6.45) is 2.46. The Hall–Kier alpha value is -1.46. The first kappa shape index (κ1) is 13.0. The summed E-state index contributed by atoms with van der Waals surface area (Å²) in [7, 11) is 0. The van der Waals surface area contributed by atoms with E-state index in [4.69, 9.17) is 21.9 Å². The zero-order chi connectivity index (χ0) is 13.2. The first-order chi connectivity index (χ1) is 8.60. The van der Waals surface area contributed by atoms with E-state index >= 15 is 0 Å². The molecule has 96 valence electrons. The lowest BCUT2D eigenvalue weighted by atomic mass is 9.88. The van der Waals surface area contributed by atoms with Crippen LogP contribution in [-0.4, -0.2) is 21.7 Å². The Kier molecular flexibility index (Phi) is 3.63. The molecule has 0 aliphatic heterocycles. The highest BCUT2D eigenvalue weighted by Gasteiger charge is 2.30. The molecule has 5 nitrogen and oxygen atoms in total. The van der Waals surface area contributed by atoms with Gasteiger partial charge in [0.2, 0.25) is 11.7 Å². The van der Waals surface area contributed by atoms with Crippen LogP contribution in [0.5, 0.6) is 0 Å². The smallest absolute Gasteiger partial charge is 0.234 e. The third-order valence-electron chi connectivity index (χ3n) is 3.14. The molecule has 18 heavy (non-hydrogen) atoms. The maximum Gasteiger partial charge on any atom is 0.234 e. The molecule has 0 fully saturated rings. The van der Waals surface area contributed by atoms with Gasteiger partial charge in [-0.1, -0.05) is 23.7 Å². The second kappa shape index (κ2) is 5.04. The molecule has 0 aliphatic rings. The summed E-state index contributed by atoms with van der Waals surface area (Å²) in [5, 5.41) is 4.42. The van der Waals surface area contributed by atoms with Gasteiger partial charge in [0.1, 0.15) is 5.69 Å². The molecule has 2 heterocycles. The summed E-state index contributed by atoms with van der Waals surface area (Å²) >= 11 is 6.04. The van der Waals surface area contributed by atoms with Gasteiger partial charge < -0.3 is 10.3 Å². The molecule has 0 amide bonds. The molecule has 0 radical (unpaired) electrons. The summed E-state index contributed by atoms with van der Waals surface area (Å²) in [6, 6.07) is 3.49. The largest absolute Gasteiger partial charge is 0.338 e. The van der Waals surface area contributed by atoms with Crippen molar-refractivity contribution < 1.29 is 4.52 Å². The Morgan fingerprint density at radius 1 is 1.50 bits per heavy atom. The first-order valence-electron chi connectivity index (χ1n) is 5.76. The highest BCUT2D eigenvalue weighted by Crippen LogP contribution is 2.28. The van der Waals surface area contributed by atoms with Gasteiger partial charge in [-0.2, -0.15) is 4.98 Å². The Labute approximate surface area is 110 Å². The van der Waals surface area contributed by atoms with Crippen molar-refractivity contribution in [2.24, 2.45) is 5.73 Å². The molecule has 1 atom stereocenters. The third kappa shape index (κ3) is 2.23. The van der Waals surface area contributed by atoms with Crippen LogP contribution in [0, 0.1) is 0 Å². The quantitative estimate of drug-likeness (QED) is 0.919. The number of nitrogens with two attached hydrogens (primary N) is 1. The van der Waals surface area contributed by atoms with Crippen molar-refractivity contribution >= 4 is 11.6 Å². The molecule has 2 N–H and O–H groups in total. The van der Waals surface area contributed by atoms with Crippen LogP contribution < -0.4 is 5.73 Å². The van der Waals surface area contributed by atoms with Crippen molar-refractivity contribution in [1.82, 2.24) is 15.1 Å². The molecule has 0 aliphatic carbocycles. The van der Waals surface area contributed by atoms with Gasteiger partial charge in [-0.25, -0.2) is 0 Å². The minimum atomic E-state index is -0.313. The average molecular weight is 267 g/mol. The fraction of sp³-hybridized carbons (Fsp3) is 0.417. The number of pyridine rings is 1. The monoisotopic (exact) mass is 266 g/mol. The van der Waals surface area contributed by atoms with E-state index in [0.29, 0.717) is 29.0 Å². The molecule has 2 aromatic heterocycles. The minimum absolute atomic E-state index is 0.313. The van der Waals surface area contributed by atoms with Crippen molar-refractivity contribution in [3.63, 3.8) is 0 Å². The fourth-order valence-corrected chi connectivity index (χ4v) is 1.70. The Balaban J connectivity index is 2.40. The van der Waals surface area contributed by atoms with E-state index in [2.05, 4.69) is 15.1 Å². The van der Waals surface area contributed by atoms with E-state index in [1.807, 2.05) is 13.8 Å². The SMILES string of the molecule is CCC(C)(CN)c1nc(-c2ncccc2Cl)no1. The normalized spacial score (nSPS) is 14.4. The van der Waals surface area contributed by atoms with Gasteiger partial charge >= 0.3 is 0 Å². The number of aromatic nitrogens is 3. The molecule has 0 saturated carbocycles. The second-order valence-electron chi connectivity index (χ2n) is 4.38. The molecule has 0 aromatic carbocycles. The average Bonchev–Trinajstić information content (AvgIpc) is 2.88. The lowest BCUT2D eigenvalue weighted by molar-refractivity contribution is 0.291. The molecular weight excluding hydrogens is 252 g/mol. The summed E-state index contributed by atoms with van der Waals surface area (Å²) < 4.78 is 5.28. The van der Waals surface area contributed by atoms with E-state index in [9.17, 15) is 0 Å². The van der Waals surface area contributed by atoms with Crippen LogP contribution in [0.4, 0.5) is 0 Å².